The van der Waals surface area contributed by atoms with Crippen molar-refractivity contribution in [2.75, 3.05) is 24.0 Å². The minimum absolute atomic E-state index is 0.858. The van der Waals surface area contributed by atoms with Crippen molar-refractivity contribution in [3.05, 3.63) is 298 Å². The lowest BCUT2D eigenvalue weighted by Crippen LogP contribution is -2.11. The van der Waals surface area contributed by atoms with Crippen molar-refractivity contribution >= 4 is 82.7 Å². The molecule has 4 nitrogen and oxygen atoms in total. The lowest BCUT2D eigenvalue weighted by atomic mass is 10.0. The molecule has 10 aromatic rings. The Morgan fingerprint density at radius 1 is 0.250 bits per heavy atom. The van der Waals surface area contributed by atoms with E-state index >= 15 is 0 Å². The Balaban J connectivity index is 0.824. The lowest BCUT2D eigenvalue weighted by Gasteiger charge is -2.28. The standard InChI is InChI=1S/C72H60N2O2/c1-53-9-5-7-11-71(53)73(65-41-29-59(30-42-65)25-21-55-13-17-57(18-14-55)23-27-61-33-49-69(75-3)50-34-61)67-45-37-63(38-46-67)64-39-47-68(48-40-64)74(72-12-8-6-10-54(72)2)66-43-31-60(32-44-66)26-22-56-15-19-58(20-16-56)24-28-62-35-51-70(76-4)52-36-62/h5-52H,1-4H3/b25-21+,26-22+,27-23+,28-24+. The number of benzene rings is 10. The number of para-hydroxylation sites is 2. The zero-order valence-electron chi connectivity index (χ0n) is 43.4. The van der Waals surface area contributed by atoms with Crippen LogP contribution < -0.4 is 19.3 Å². The summed E-state index contributed by atoms with van der Waals surface area (Å²) in [6.45, 7) is 4.35. The molecule has 76 heavy (non-hydrogen) atoms. The van der Waals surface area contributed by atoms with E-state index in [0.29, 0.717) is 0 Å². The van der Waals surface area contributed by atoms with Gasteiger partial charge in [-0.1, -0.05) is 206 Å². The Bertz CT molecular complexity index is 3360. The number of nitrogens with zero attached hydrogens (tertiary/aromatic N) is 2. The first-order valence-electron chi connectivity index (χ1n) is 25.7. The van der Waals surface area contributed by atoms with Crippen molar-refractivity contribution in [1.29, 1.82) is 0 Å². The van der Waals surface area contributed by atoms with E-state index in [1.807, 2.05) is 24.3 Å². The zero-order chi connectivity index (χ0) is 52.1. The van der Waals surface area contributed by atoms with Gasteiger partial charge in [-0.15, -0.1) is 0 Å². The molecule has 0 unspecified atom stereocenters. The van der Waals surface area contributed by atoms with Gasteiger partial charge >= 0.3 is 0 Å². The topological polar surface area (TPSA) is 24.9 Å². The number of ether oxygens (including phenoxy) is 2. The predicted molar refractivity (Wildman–Crippen MR) is 325 cm³/mol. The maximum atomic E-state index is 5.29. The van der Waals surface area contributed by atoms with Gasteiger partial charge in [0, 0.05) is 34.1 Å². The van der Waals surface area contributed by atoms with Gasteiger partial charge in [0.25, 0.3) is 0 Å². The van der Waals surface area contributed by atoms with Crippen LogP contribution in [0.2, 0.25) is 0 Å². The van der Waals surface area contributed by atoms with Crippen molar-refractivity contribution < 1.29 is 9.47 Å². The molecule has 0 aromatic heterocycles. The van der Waals surface area contributed by atoms with Gasteiger partial charge in [0.15, 0.2) is 0 Å². The monoisotopic (exact) mass is 984 g/mol. The molecule has 0 bridgehead atoms. The highest BCUT2D eigenvalue weighted by molar-refractivity contribution is 5.84. The molecule has 0 radical (unpaired) electrons. The fourth-order valence-corrected chi connectivity index (χ4v) is 9.19. The maximum Gasteiger partial charge on any atom is 0.118 e. The molecule has 0 aliphatic heterocycles. The van der Waals surface area contributed by atoms with Gasteiger partial charge in [-0.3, -0.25) is 0 Å². The Morgan fingerprint density at radius 2 is 0.461 bits per heavy atom. The van der Waals surface area contributed by atoms with Gasteiger partial charge in [-0.05, 0) is 166 Å². The van der Waals surface area contributed by atoms with Crippen molar-refractivity contribution in [3.63, 3.8) is 0 Å². The van der Waals surface area contributed by atoms with Crippen molar-refractivity contribution in [2.24, 2.45) is 0 Å². The smallest absolute Gasteiger partial charge is 0.118 e. The summed E-state index contributed by atoms with van der Waals surface area (Å²) in [7, 11) is 3.37. The summed E-state index contributed by atoms with van der Waals surface area (Å²) in [5, 5.41) is 0. The molecule has 10 aromatic carbocycles. The summed E-state index contributed by atoms with van der Waals surface area (Å²) in [4.78, 5) is 4.69. The summed E-state index contributed by atoms with van der Waals surface area (Å²) < 4.78 is 10.6. The summed E-state index contributed by atoms with van der Waals surface area (Å²) in [6.07, 6.45) is 17.2. The molecular formula is C72H60N2O2. The van der Waals surface area contributed by atoms with Gasteiger partial charge in [-0.25, -0.2) is 0 Å². The molecule has 0 aliphatic carbocycles. The van der Waals surface area contributed by atoms with Crippen LogP contribution in [0.25, 0.3) is 59.7 Å². The number of anilines is 6. The number of hydrogen-bond acceptors (Lipinski definition) is 4. The van der Waals surface area contributed by atoms with Crippen molar-refractivity contribution in [1.82, 2.24) is 0 Å². The van der Waals surface area contributed by atoms with E-state index in [1.54, 1.807) is 14.2 Å². The normalized spacial score (nSPS) is 11.5. The highest BCUT2D eigenvalue weighted by Crippen LogP contribution is 2.40. The average Bonchev–Trinajstić information content (AvgIpc) is 3.48. The lowest BCUT2D eigenvalue weighted by molar-refractivity contribution is 0.414. The van der Waals surface area contributed by atoms with Crippen molar-refractivity contribution in [2.45, 2.75) is 13.8 Å². The van der Waals surface area contributed by atoms with Crippen LogP contribution in [0.4, 0.5) is 34.1 Å². The van der Waals surface area contributed by atoms with E-state index in [1.165, 1.54) is 11.1 Å². The highest BCUT2D eigenvalue weighted by Gasteiger charge is 2.17. The number of rotatable bonds is 17. The highest BCUT2D eigenvalue weighted by atomic mass is 16.5. The van der Waals surface area contributed by atoms with Crippen LogP contribution >= 0.6 is 0 Å². The first kappa shape index (κ1) is 49.9. The largest absolute Gasteiger partial charge is 0.497 e. The molecule has 10 rings (SSSR count). The van der Waals surface area contributed by atoms with Crippen LogP contribution in [0.15, 0.2) is 243 Å². The van der Waals surface area contributed by atoms with Gasteiger partial charge in [0.2, 0.25) is 0 Å². The maximum absolute atomic E-state index is 5.29. The first-order valence-corrected chi connectivity index (χ1v) is 25.7. The molecule has 0 saturated heterocycles. The molecule has 0 saturated carbocycles. The third-order valence-corrected chi connectivity index (χ3v) is 13.6. The fourth-order valence-electron chi connectivity index (χ4n) is 9.19. The SMILES string of the molecule is COc1ccc(/C=C/c2ccc(/C=C/c3ccc(N(c4ccc(-c5ccc(N(c6ccc(/C=C/c7ccc(/C=C/c8ccc(OC)cc8)cc7)cc6)c6ccccc6C)cc5)cc4)c4ccccc4C)cc3)cc2)cc1. The summed E-state index contributed by atoms with van der Waals surface area (Å²) >= 11 is 0. The van der Waals surface area contributed by atoms with E-state index in [-0.39, 0.29) is 0 Å². The summed E-state index contributed by atoms with van der Waals surface area (Å²) in [6, 6.07) is 86.0. The molecular weight excluding hydrogens is 925 g/mol. The number of aryl methyl sites for hydroxylation is 2. The van der Waals surface area contributed by atoms with Gasteiger partial charge in [-0.2, -0.15) is 0 Å². The Labute approximate surface area is 448 Å². The second-order valence-corrected chi connectivity index (χ2v) is 18.7. The minimum Gasteiger partial charge on any atom is -0.497 e. The van der Waals surface area contributed by atoms with Crippen LogP contribution in [0.3, 0.4) is 0 Å². The van der Waals surface area contributed by atoms with E-state index in [4.69, 9.17) is 9.47 Å². The Kier molecular flexibility index (Phi) is 15.7. The van der Waals surface area contributed by atoms with Crippen molar-refractivity contribution in [3.8, 4) is 22.6 Å². The first-order chi connectivity index (χ1) is 37.3. The molecule has 0 amide bonds. The molecule has 0 atom stereocenters. The zero-order valence-corrected chi connectivity index (χ0v) is 43.4. The molecule has 0 spiro atoms. The van der Waals surface area contributed by atoms with Gasteiger partial charge in [0.1, 0.15) is 11.5 Å². The molecule has 0 N–H and O–H groups in total. The van der Waals surface area contributed by atoms with Crippen LogP contribution in [0, 0.1) is 13.8 Å². The van der Waals surface area contributed by atoms with Crippen LogP contribution in [0.5, 0.6) is 11.5 Å². The molecule has 0 fully saturated rings. The van der Waals surface area contributed by atoms with E-state index in [9.17, 15) is 0 Å². The Hall–Kier alpha value is -9.64. The van der Waals surface area contributed by atoms with Gasteiger partial charge in [0.05, 0.1) is 14.2 Å². The molecule has 370 valence electrons. The second-order valence-electron chi connectivity index (χ2n) is 18.7. The van der Waals surface area contributed by atoms with E-state index in [2.05, 4.69) is 291 Å². The summed E-state index contributed by atoms with van der Waals surface area (Å²) in [5.74, 6) is 1.72. The van der Waals surface area contributed by atoms with E-state index < -0.39 is 0 Å². The molecule has 4 heteroatoms. The Morgan fingerprint density at radius 3 is 0.697 bits per heavy atom. The molecule has 0 aliphatic rings. The minimum atomic E-state index is 0.858. The second kappa shape index (κ2) is 23.9. The average molecular weight is 985 g/mol. The van der Waals surface area contributed by atoms with Crippen LogP contribution in [0.1, 0.15) is 55.6 Å². The van der Waals surface area contributed by atoms with E-state index in [0.717, 1.165) is 101 Å². The van der Waals surface area contributed by atoms with Crippen LogP contribution in [-0.2, 0) is 0 Å². The quantitative estimate of drug-likeness (QED) is 0.0849. The number of hydrogen-bond donors (Lipinski definition) is 0. The summed E-state index contributed by atoms with van der Waals surface area (Å²) in [5.41, 5.74) is 20.5. The number of methoxy groups -OCH3 is 2. The molecule has 0 heterocycles. The third-order valence-electron chi connectivity index (χ3n) is 13.6. The van der Waals surface area contributed by atoms with Crippen LogP contribution in [-0.4, -0.2) is 14.2 Å². The fraction of sp³-hybridized carbons (Fsp3) is 0.0556. The predicted octanol–water partition coefficient (Wildman–Crippen LogP) is 19.6. The third kappa shape index (κ3) is 12.4. The van der Waals surface area contributed by atoms with Gasteiger partial charge < -0.3 is 19.3 Å².